The molecule has 0 saturated carbocycles. The summed E-state index contributed by atoms with van der Waals surface area (Å²) >= 11 is 6.08. The van der Waals surface area contributed by atoms with Crippen molar-refractivity contribution in [2.45, 2.75) is 19.4 Å². The van der Waals surface area contributed by atoms with E-state index in [0.29, 0.717) is 42.0 Å². The third-order valence-electron chi connectivity index (χ3n) is 4.73. The third-order valence-corrected chi connectivity index (χ3v) is 5.13. The summed E-state index contributed by atoms with van der Waals surface area (Å²) in [5.74, 6) is 1.25. The van der Waals surface area contributed by atoms with Gasteiger partial charge in [0, 0.05) is 35.4 Å². The summed E-state index contributed by atoms with van der Waals surface area (Å²) in [4.78, 5) is 26.4. The number of anilines is 2. The second-order valence-corrected chi connectivity index (χ2v) is 7.20. The van der Waals surface area contributed by atoms with Crippen molar-refractivity contribution in [1.82, 2.24) is 5.32 Å². The minimum atomic E-state index is -0.373. The van der Waals surface area contributed by atoms with Crippen LogP contribution in [0.5, 0.6) is 11.5 Å². The predicted molar refractivity (Wildman–Crippen MR) is 107 cm³/mol. The van der Waals surface area contributed by atoms with E-state index in [1.165, 1.54) is 0 Å². The first-order valence-electron chi connectivity index (χ1n) is 9.03. The zero-order valence-corrected chi connectivity index (χ0v) is 16.1. The lowest BCUT2D eigenvalue weighted by atomic mass is 10.2. The summed E-state index contributed by atoms with van der Waals surface area (Å²) in [6.07, 6.45) is 0.233. The van der Waals surface area contributed by atoms with Crippen molar-refractivity contribution in [2.75, 3.05) is 30.0 Å². The van der Waals surface area contributed by atoms with E-state index in [2.05, 4.69) is 10.6 Å². The van der Waals surface area contributed by atoms with Crippen molar-refractivity contribution < 1.29 is 19.1 Å². The number of urea groups is 1. The molecule has 7 nitrogen and oxygen atoms in total. The molecular formula is C20H20ClN3O4. The molecule has 4 rings (SSSR count). The van der Waals surface area contributed by atoms with E-state index in [1.54, 1.807) is 29.2 Å². The molecule has 2 N–H and O–H groups in total. The summed E-state index contributed by atoms with van der Waals surface area (Å²) in [6.45, 7) is 3.28. The lowest BCUT2D eigenvalue weighted by Crippen LogP contribution is -2.39. The maximum Gasteiger partial charge on any atom is 0.319 e. The Morgan fingerprint density at radius 3 is 2.71 bits per heavy atom. The fraction of sp³-hybridized carbons (Fsp3) is 0.300. The third kappa shape index (κ3) is 3.84. The van der Waals surface area contributed by atoms with Gasteiger partial charge in [0.1, 0.15) is 13.2 Å². The highest BCUT2D eigenvalue weighted by Crippen LogP contribution is 2.35. The molecule has 8 heteroatoms. The number of ether oxygens (including phenoxy) is 2. The number of benzene rings is 2. The van der Waals surface area contributed by atoms with Crippen LogP contribution in [-0.4, -0.2) is 37.7 Å². The van der Waals surface area contributed by atoms with Crippen LogP contribution in [-0.2, 0) is 4.79 Å². The van der Waals surface area contributed by atoms with Crippen LogP contribution in [0.1, 0.15) is 12.0 Å². The van der Waals surface area contributed by atoms with E-state index in [9.17, 15) is 9.59 Å². The summed E-state index contributed by atoms with van der Waals surface area (Å²) in [5, 5.41) is 6.17. The number of nitrogens with zero attached hydrogens (tertiary/aromatic N) is 1. The number of carbonyl (C=O) groups excluding carboxylic acids is 2. The van der Waals surface area contributed by atoms with Gasteiger partial charge in [-0.05, 0) is 36.8 Å². The second-order valence-electron chi connectivity index (χ2n) is 6.80. The van der Waals surface area contributed by atoms with Crippen LogP contribution in [0.3, 0.4) is 0 Å². The van der Waals surface area contributed by atoms with Crippen molar-refractivity contribution in [2.24, 2.45) is 0 Å². The zero-order valence-electron chi connectivity index (χ0n) is 15.3. The van der Waals surface area contributed by atoms with Crippen LogP contribution in [0.15, 0.2) is 36.4 Å². The Kier molecular flexibility index (Phi) is 5.00. The molecule has 1 unspecified atom stereocenters. The molecule has 3 amide bonds. The van der Waals surface area contributed by atoms with Gasteiger partial charge in [-0.2, -0.15) is 0 Å². The van der Waals surface area contributed by atoms with Crippen LogP contribution in [0.25, 0.3) is 0 Å². The van der Waals surface area contributed by atoms with Crippen molar-refractivity contribution in [1.29, 1.82) is 0 Å². The van der Waals surface area contributed by atoms with Gasteiger partial charge in [0.05, 0.1) is 6.04 Å². The maximum atomic E-state index is 12.4. The molecule has 0 aliphatic carbocycles. The SMILES string of the molecule is Cc1ccc(NC(=O)NC2CC(=O)N(c3ccc4c(c3)OCCO4)C2)cc1Cl. The number of carbonyl (C=O) groups is 2. The van der Waals surface area contributed by atoms with Crippen LogP contribution in [0, 0.1) is 6.92 Å². The number of nitrogens with one attached hydrogen (secondary N) is 2. The topological polar surface area (TPSA) is 79.9 Å². The first-order chi connectivity index (χ1) is 13.5. The van der Waals surface area contributed by atoms with Crippen molar-refractivity contribution in [3.63, 3.8) is 0 Å². The van der Waals surface area contributed by atoms with Gasteiger partial charge in [-0.15, -0.1) is 0 Å². The lowest BCUT2D eigenvalue weighted by Gasteiger charge is -2.22. The Bertz CT molecular complexity index is 934. The average molecular weight is 402 g/mol. The molecule has 28 heavy (non-hydrogen) atoms. The first kappa shape index (κ1) is 18.4. The molecule has 0 spiro atoms. The van der Waals surface area contributed by atoms with Gasteiger partial charge in [0.2, 0.25) is 5.91 Å². The van der Waals surface area contributed by atoms with Crippen LogP contribution < -0.4 is 25.0 Å². The van der Waals surface area contributed by atoms with Gasteiger partial charge in [-0.3, -0.25) is 4.79 Å². The number of hydrogen-bond donors (Lipinski definition) is 2. The lowest BCUT2D eigenvalue weighted by molar-refractivity contribution is -0.117. The van der Waals surface area contributed by atoms with E-state index in [0.717, 1.165) is 11.3 Å². The van der Waals surface area contributed by atoms with Gasteiger partial charge < -0.3 is 25.0 Å². The number of amides is 3. The van der Waals surface area contributed by atoms with Crippen LogP contribution in [0.4, 0.5) is 16.2 Å². The minimum absolute atomic E-state index is 0.0552. The van der Waals surface area contributed by atoms with Gasteiger partial charge in [0.15, 0.2) is 11.5 Å². The number of rotatable bonds is 3. The summed E-state index contributed by atoms with van der Waals surface area (Å²) in [5.41, 5.74) is 2.26. The molecule has 0 aromatic heterocycles. The number of fused-ring (bicyclic) bond motifs is 1. The minimum Gasteiger partial charge on any atom is -0.486 e. The molecule has 2 heterocycles. The second kappa shape index (κ2) is 7.59. The largest absolute Gasteiger partial charge is 0.486 e. The van der Waals surface area contributed by atoms with Crippen LogP contribution >= 0.6 is 11.6 Å². The molecule has 2 aliphatic rings. The highest BCUT2D eigenvalue weighted by molar-refractivity contribution is 6.31. The smallest absolute Gasteiger partial charge is 0.319 e. The Morgan fingerprint density at radius 1 is 1.14 bits per heavy atom. The maximum absolute atomic E-state index is 12.4. The highest BCUT2D eigenvalue weighted by Gasteiger charge is 2.32. The summed E-state index contributed by atoms with van der Waals surface area (Å²) in [6, 6.07) is 10.1. The van der Waals surface area contributed by atoms with E-state index in [1.807, 2.05) is 19.1 Å². The van der Waals surface area contributed by atoms with Gasteiger partial charge >= 0.3 is 6.03 Å². The molecule has 2 aromatic carbocycles. The van der Waals surface area contributed by atoms with E-state index >= 15 is 0 Å². The normalized spacial score (nSPS) is 18.1. The summed E-state index contributed by atoms with van der Waals surface area (Å²) in [7, 11) is 0. The highest BCUT2D eigenvalue weighted by atomic mass is 35.5. The molecule has 1 fully saturated rings. The first-order valence-corrected chi connectivity index (χ1v) is 9.41. The van der Waals surface area contributed by atoms with Gasteiger partial charge in [-0.1, -0.05) is 17.7 Å². The monoisotopic (exact) mass is 401 g/mol. The Hall–Kier alpha value is -2.93. The Balaban J connectivity index is 1.39. The molecule has 2 aliphatic heterocycles. The molecule has 2 aromatic rings. The average Bonchev–Trinajstić information content (AvgIpc) is 3.04. The fourth-order valence-corrected chi connectivity index (χ4v) is 3.46. The summed E-state index contributed by atoms with van der Waals surface area (Å²) < 4.78 is 11.1. The molecule has 0 bridgehead atoms. The number of hydrogen-bond acceptors (Lipinski definition) is 4. The standard InChI is InChI=1S/C20H20ClN3O4/c1-12-2-3-13(8-16(12)21)22-20(26)23-14-9-19(25)24(11-14)15-4-5-17-18(10-15)28-7-6-27-17/h2-5,8,10,14H,6-7,9,11H2,1H3,(H2,22,23,26). The number of halogens is 1. The van der Waals surface area contributed by atoms with Crippen molar-refractivity contribution in [3.8, 4) is 11.5 Å². The van der Waals surface area contributed by atoms with Crippen LogP contribution in [0.2, 0.25) is 5.02 Å². The molecular weight excluding hydrogens is 382 g/mol. The van der Waals surface area contributed by atoms with Crippen molar-refractivity contribution >= 4 is 34.9 Å². The van der Waals surface area contributed by atoms with E-state index < -0.39 is 0 Å². The van der Waals surface area contributed by atoms with Gasteiger partial charge in [0.25, 0.3) is 0 Å². The molecule has 146 valence electrons. The van der Waals surface area contributed by atoms with Crippen molar-refractivity contribution in [3.05, 3.63) is 47.0 Å². The van der Waals surface area contributed by atoms with E-state index in [-0.39, 0.29) is 24.4 Å². The fourth-order valence-electron chi connectivity index (χ4n) is 3.28. The predicted octanol–water partition coefficient (Wildman–Crippen LogP) is 3.35. The zero-order chi connectivity index (χ0) is 19.7. The Morgan fingerprint density at radius 2 is 1.93 bits per heavy atom. The molecule has 1 saturated heterocycles. The molecule has 0 radical (unpaired) electrons. The number of aryl methyl sites for hydroxylation is 1. The quantitative estimate of drug-likeness (QED) is 0.826. The van der Waals surface area contributed by atoms with E-state index in [4.69, 9.17) is 21.1 Å². The molecule has 1 atom stereocenters. The van der Waals surface area contributed by atoms with Gasteiger partial charge in [-0.25, -0.2) is 4.79 Å². The Labute approximate surface area is 167 Å².